The first kappa shape index (κ1) is 17.3. The van der Waals surface area contributed by atoms with Crippen LogP contribution in [0.15, 0.2) is 22.7 Å². The molecule has 2 unspecified atom stereocenters. The minimum atomic E-state index is 0.320. The molecule has 2 aliphatic rings. The number of fused-ring (bicyclic) bond motifs is 2. The van der Waals surface area contributed by atoms with Crippen LogP contribution in [-0.4, -0.2) is 24.6 Å². The highest BCUT2D eigenvalue weighted by Crippen LogP contribution is 2.48. The van der Waals surface area contributed by atoms with Crippen LogP contribution in [0.25, 0.3) is 0 Å². The molecule has 1 aromatic carbocycles. The van der Waals surface area contributed by atoms with Crippen molar-refractivity contribution in [2.75, 3.05) is 14.2 Å². The van der Waals surface area contributed by atoms with Gasteiger partial charge in [-0.1, -0.05) is 22.9 Å². The molecule has 3 heteroatoms. The van der Waals surface area contributed by atoms with Crippen LogP contribution in [0.3, 0.4) is 0 Å². The number of benzene rings is 1. The van der Waals surface area contributed by atoms with Crippen molar-refractivity contribution in [1.29, 1.82) is 0 Å². The number of hydrogen-bond donors (Lipinski definition) is 0. The number of hydrogen-bond acceptors (Lipinski definition) is 2. The van der Waals surface area contributed by atoms with Crippen LogP contribution in [0.5, 0.6) is 5.75 Å². The number of rotatable bonds is 4. The molecule has 0 radical (unpaired) electrons. The Morgan fingerprint density at radius 1 is 1.22 bits per heavy atom. The van der Waals surface area contributed by atoms with Crippen molar-refractivity contribution in [2.45, 2.75) is 58.0 Å². The average Bonchev–Trinajstić information content (AvgIpc) is 2.45. The van der Waals surface area contributed by atoms with Gasteiger partial charge in [-0.25, -0.2) is 0 Å². The fourth-order valence-corrected chi connectivity index (χ4v) is 5.60. The molecular formula is C20H30BrNO. The lowest BCUT2D eigenvalue weighted by Crippen LogP contribution is -2.50. The maximum absolute atomic E-state index is 5.56. The van der Waals surface area contributed by atoms with Crippen LogP contribution in [0, 0.1) is 17.8 Å². The Bertz CT molecular complexity index is 541. The molecule has 2 saturated carbocycles. The molecule has 3 rings (SSSR count). The number of methoxy groups -OCH3 is 1. The normalized spacial score (nSPS) is 33.7. The molecule has 2 atom stereocenters. The van der Waals surface area contributed by atoms with Gasteiger partial charge in [-0.3, -0.25) is 4.90 Å². The van der Waals surface area contributed by atoms with Crippen molar-refractivity contribution >= 4 is 15.9 Å². The van der Waals surface area contributed by atoms with E-state index in [2.05, 4.69) is 59.9 Å². The van der Waals surface area contributed by atoms with E-state index in [-0.39, 0.29) is 0 Å². The number of halogens is 1. The van der Waals surface area contributed by atoms with Crippen LogP contribution >= 0.6 is 15.9 Å². The van der Waals surface area contributed by atoms with Gasteiger partial charge in [0.25, 0.3) is 0 Å². The second kappa shape index (κ2) is 6.76. The van der Waals surface area contributed by atoms with Gasteiger partial charge in [-0.15, -0.1) is 0 Å². The molecule has 0 spiro atoms. The fraction of sp³-hybridized carbons (Fsp3) is 0.700. The molecule has 1 aromatic rings. The molecule has 0 aliphatic heterocycles. The average molecular weight is 380 g/mol. The van der Waals surface area contributed by atoms with Crippen LogP contribution in [0.4, 0.5) is 0 Å². The Morgan fingerprint density at radius 3 is 2.48 bits per heavy atom. The van der Waals surface area contributed by atoms with Crippen LogP contribution in [0.2, 0.25) is 0 Å². The molecule has 0 saturated heterocycles. The SMILES string of the molecule is COc1ccc(Br)cc1CN(C)C1(C)CC2CC(C)CC(C2)C1. The summed E-state index contributed by atoms with van der Waals surface area (Å²) >= 11 is 3.60. The molecule has 0 heterocycles. The van der Waals surface area contributed by atoms with Crippen molar-refractivity contribution in [2.24, 2.45) is 17.8 Å². The third-order valence-electron chi connectivity index (χ3n) is 6.17. The van der Waals surface area contributed by atoms with Gasteiger partial charge in [0.1, 0.15) is 5.75 Å². The minimum Gasteiger partial charge on any atom is -0.496 e. The summed E-state index contributed by atoms with van der Waals surface area (Å²) in [5.74, 6) is 3.77. The first-order valence-corrected chi connectivity index (χ1v) is 9.72. The molecule has 0 N–H and O–H groups in total. The van der Waals surface area contributed by atoms with Crippen molar-refractivity contribution in [3.05, 3.63) is 28.2 Å². The lowest BCUT2D eigenvalue weighted by Gasteiger charge is -2.51. The van der Waals surface area contributed by atoms with E-state index in [0.29, 0.717) is 5.54 Å². The van der Waals surface area contributed by atoms with Gasteiger partial charge >= 0.3 is 0 Å². The van der Waals surface area contributed by atoms with Gasteiger partial charge in [0.05, 0.1) is 7.11 Å². The summed E-state index contributed by atoms with van der Waals surface area (Å²) in [7, 11) is 4.06. The zero-order chi connectivity index (χ0) is 16.6. The standard InChI is InChI=1S/C20H30BrNO/c1-14-7-15-9-16(8-14)12-20(2,11-15)22(3)13-17-10-18(21)5-6-19(17)23-4/h5-6,10,14-16H,7-9,11-13H2,1-4H3. The van der Waals surface area contributed by atoms with Gasteiger partial charge in [0, 0.05) is 22.1 Å². The monoisotopic (exact) mass is 379 g/mol. The van der Waals surface area contributed by atoms with E-state index in [1.165, 1.54) is 37.7 Å². The van der Waals surface area contributed by atoms with E-state index in [9.17, 15) is 0 Å². The Balaban J connectivity index is 1.75. The van der Waals surface area contributed by atoms with E-state index < -0.39 is 0 Å². The smallest absolute Gasteiger partial charge is 0.123 e. The van der Waals surface area contributed by atoms with Gasteiger partial charge < -0.3 is 4.74 Å². The summed E-state index contributed by atoms with van der Waals surface area (Å²) in [6, 6.07) is 6.31. The summed E-state index contributed by atoms with van der Waals surface area (Å²) in [6.45, 7) is 5.87. The minimum absolute atomic E-state index is 0.320. The zero-order valence-corrected chi connectivity index (χ0v) is 16.5. The van der Waals surface area contributed by atoms with Crippen molar-refractivity contribution < 1.29 is 4.74 Å². The second-order valence-corrected chi connectivity index (χ2v) is 9.18. The first-order valence-electron chi connectivity index (χ1n) is 8.93. The topological polar surface area (TPSA) is 12.5 Å². The van der Waals surface area contributed by atoms with Crippen molar-refractivity contribution in [1.82, 2.24) is 4.90 Å². The summed E-state index contributed by atoms with van der Waals surface area (Å²) in [5.41, 5.74) is 1.59. The van der Waals surface area contributed by atoms with Crippen LogP contribution in [0.1, 0.15) is 51.5 Å². The summed E-state index contributed by atoms with van der Waals surface area (Å²) in [6.07, 6.45) is 7.02. The maximum atomic E-state index is 5.56. The number of nitrogens with zero attached hydrogens (tertiary/aromatic N) is 1. The van der Waals surface area contributed by atoms with Crippen molar-refractivity contribution in [3.8, 4) is 5.75 Å². The highest BCUT2D eigenvalue weighted by molar-refractivity contribution is 9.10. The summed E-state index contributed by atoms with van der Waals surface area (Å²) in [4.78, 5) is 2.58. The predicted molar refractivity (Wildman–Crippen MR) is 99.8 cm³/mol. The third-order valence-corrected chi connectivity index (χ3v) is 6.66. The van der Waals surface area contributed by atoms with E-state index in [4.69, 9.17) is 4.74 Å². The molecule has 2 fully saturated rings. The molecule has 2 aliphatic carbocycles. The summed E-state index contributed by atoms with van der Waals surface area (Å²) < 4.78 is 6.69. The molecule has 2 nitrogen and oxygen atoms in total. The van der Waals surface area contributed by atoms with Crippen molar-refractivity contribution in [3.63, 3.8) is 0 Å². The molecule has 0 amide bonds. The van der Waals surface area contributed by atoms with Gasteiger partial charge in [-0.05, 0) is 82.0 Å². The predicted octanol–water partition coefficient (Wildman–Crippen LogP) is 5.49. The lowest BCUT2D eigenvalue weighted by molar-refractivity contribution is -0.000245. The second-order valence-electron chi connectivity index (χ2n) is 8.26. The largest absolute Gasteiger partial charge is 0.496 e. The Labute approximate surface area is 149 Å². The molecule has 128 valence electrons. The Hall–Kier alpha value is -0.540. The highest BCUT2D eigenvalue weighted by atomic mass is 79.9. The highest BCUT2D eigenvalue weighted by Gasteiger charge is 2.43. The Morgan fingerprint density at radius 2 is 1.87 bits per heavy atom. The lowest BCUT2D eigenvalue weighted by atomic mass is 9.62. The third kappa shape index (κ3) is 3.76. The van der Waals surface area contributed by atoms with Gasteiger partial charge in [0.15, 0.2) is 0 Å². The summed E-state index contributed by atoms with van der Waals surface area (Å²) in [5, 5.41) is 0. The number of ether oxygens (including phenoxy) is 1. The fourth-order valence-electron chi connectivity index (χ4n) is 5.19. The quantitative estimate of drug-likeness (QED) is 0.684. The van der Waals surface area contributed by atoms with Gasteiger partial charge in [0.2, 0.25) is 0 Å². The van der Waals surface area contributed by atoms with E-state index in [1.807, 2.05) is 0 Å². The Kier molecular flexibility index (Phi) is 5.08. The van der Waals surface area contributed by atoms with E-state index >= 15 is 0 Å². The van der Waals surface area contributed by atoms with E-state index in [1.54, 1.807) is 7.11 Å². The van der Waals surface area contributed by atoms with Crippen LogP contribution < -0.4 is 4.74 Å². The maximum Gasteiger partial charge on any atom is 0.123 e. The van der Waals surface area contributed by atoms with Crippen LogP contribution in [-0.2, 0) is 6.54 Å². The first-order chi connectivity index (χ1) is 10.9. The zero-order valence-electron chi connectivity index (χ0n) is 14.9. The molecule has 0 aromatic heterocycles. The van der Waals surface area contributed by atoms with E-state index in [0.717, 1.165) is 34.5 Å². The molecule has 23 heavy (non-hydrogen) atoms. The van der Waals surface area contributed by atoms with Gasteiger partial charge in [-0.2, -0.15) is 0 Å². The molecule has 2 bridgehead atoms. The molecular weight excluding hydrogens is 350 g/mol.